The number of unbranched alkanes of at least 4 members (excludes halogenated alkanes) is 1. The van der Waals surface area contributed by atoms with Crippen molar-refractivity contribution in [1.82, 2.24) is 4.98 Å². The van der Waals surface area contributed by atoms with Crippen LogP contribution >= 0.6 is 27.3 Å². The number of thiazole rings is 1. The number of nitrogens with one attached hydrogen (secondary N) is 1. The van der Waals surface area contributed by atoms with Gasteiger partial charge in [0.15, 0.2) is 11.7 Å². The van der Waals surface area contributed by atoms with Crippen LogP contribution in [0.2, 0.25) is 0 Å². The Hall–Kier alpha value is -3.16. The second-order valence-electron chi connectivity index (χ2n) is 7.61. The molecular weight excluding hydrogens is 512 g/mol. The summed E-state index contributed by atoms with van der Waals surface area (Å²) < 4.78 is 12.2. The van der Waals surface area contributed by atoms with Gasteiger partial charge in [0.2, 0.25) is 0 Å². The van der Waals surface area contributed by atoms with Gasteiger partial charge in [-0.15, -0.1) is 11.3 Å². The number of carbonyl (C=O) groups is 1. The van der Waals surface area contributed by atoms with Gasteiger partial charge in [-0.2, -0.15) is 0 Å². The van der Waals surface area contributed by atoms with Gasteiger partial charge in [0, 0.05) is 10.9 Å². The van der Waals surface area contributed by atoms with Crippen molar-refractivity contribution < 1.29 is 14.3 Å². The summed E-state index contributed by atoms with van der Waals surface area (Å²) >= 11 is 4.92. The molecule has 0 bridgehead atoms. The molecule has 0 aliphatic rings. The minimum absolute atomic E-state index is 0.109. The molecule has 1 N–H and O–H groups in total. The molecule has 1 amide bonds. The molecule has 4 rings (SSSR count). The van der Waals surface area contributed by atoms with E-state index >= 15 is 0 Å². The summed E-state index contributed by atoms with van der Waals surface area (Å²) in [6.45, 7) is 2.75. The molecule has 0 radical (unpaired) electrons. The van der Waals surface area contributed by atoms with Crippen LogP contribution in [-0.4, -0.2) is 24.1 Å². The highest BCUT2D eigenvalue weighted by Gasteiger charge is 2.11. The van der Waals surface area contributed by atoms with Gasteiger partial charge >= 0.3 is 0 Å². The molecule has 1 heterocycles. The number of hydrogen-bond acceptors (Lipinski definition) is 5. The minimum atomic E-state index is -0.264. The predicted octanol–water partition coefficient (Wildman–Crippen LogP) is 7.44. The normalized spacial score (nSPS) is 10.6. The maximum atomic E-state index is 12.4. The van der Waals surface area contributed by atoms with Crippen LogP contribution in [0.25, 0.3) is 22.4 Å². The first-order valence-corrected chi connectivity index (χ1v) is 12.8. The lowest BCUT2D eigenvalue weighted by atomic mass is 10.1. The zero-order chi connectivity index (χ0) is 23.8. The van der Waals surface area contributed by atoms with Crippen LogP contribution in [0.3, 0.4) is 0 Å². The maximum Gasteiger partial charge on any atom is 0.264 e. The molecule has 4 aromatic rings. The molecule has 174 valence electrons. The van der Waals surface area contributed by atoms with Crippen molar-refractivity contribution in [2.75, 3.05) is 18.5 Å². The fourth-order valence-electron chi connectivity index (χ4n) is 3.25. The fourth-order valence-corrected chi connectivity index (χ4v) is 4.48. The molecular formula is C27H25BrN2O3S. The van der Waals surface area contributed by atoms with E-state index < -0.39 is 0 Å². The summed E-state index contributed by atoms with van der Waals surface area (Å²) in [5.74, 6) is 1.19. The number of anilines is 1. The average Bonchev–Trinajstić information content (AvgIpc) is 3.33. The van der Waals surface area contributed by atoms with Crippen molar-refractivity contribution in [3.63, 3.8) is 0 Å². The van der Waals surface area contributed by atoms with Gasteiger partial charge in [-0.3, -0.25) is 10.1 Å². The standard InChI is InChI=1S/C27H25BrN2O3S/c1-2-3-15-32-22-12-9-20(10-13-22)24-18-34-27(29-24)30-26(31)17-33-25-14-11-21(16-23(25)28)19-7-5-4-6-8-19/h4-14,16,18H,2-3,15,17H2,1H3,(H,29,30,31). The molecule has 0 atom stereocenters. The number of halogens is 1. The summed E-state index contributed by atoms with van der Waals surface area (Å²) in [5, 5.41) is 5.26. The zero-order valence-electron chi connectivity index (χ0n) is 18.8. The van der Waals surface area contributed by atoms with Crippen molar-refractivity contribution in [1.29, 1.82) is 0 Å². The Morgan fingerprint density at radius 2 is 1.74 bits per heavy atom. The molecule has 0 unspecified atom stereocenters. The van der Waals surface area contributed by atoms with Gasteiger partial charge in [0.05, 0.1) is 16.8 Å². The van der Waals surface area contributed by atoms with Crippen molar-refractivity contribution in [2.24, 2.45) is 0 Å². The van der Waals surface area contributed by atoms with E-state index in [1.54, 1.807) is 0 Å². The molecule has 0 fully saturated rings. The number of rotatable bonds is 10. The third kappa shape index (κ3) is 6.46. The fraction of sp³-hybridized carbons (Fsp3) is 0.185. The first-order valence-electron chi connectivity index (χ1n) is 11.1. The maximum absolute atomic E-state index is 12.4. The summed E-state index contributed by atoms with van der Waals surface area (Å²) in [5.41, 5.74) is 3.96. The number of amides is 1. The van der Waals surface area contributed by atoms with Gasteiger partial charge < -0.3 is 9.47 Å². The highest BCUT2D eigenvalue weighted by Crippen LogP contribution is 2.31. The zero-order valence-corrected chi connectivity index (χ0v) is 21.2. The summed E-state index contributed by atoms with van der Waals surface area (Å²) in [6.07, 6.45) is 2.14. The molecule has 0 saturated carbocycles. The van der Waals surface area contributed by atoms with E-state index in [9.17, 15) is 4.79 Å². The van der Waals surface area contributed by atoms with Gasteiger partial charge in [-0.25, -0.2) is 4.98 Å². The highest BCUT2D eigenvalue weighted by atomic mass is 79.9. The number of benzene rings is 3. The van der Waals surface area contributed by atoms with Crippen molar-refractivity contribution in [3.05, 3.63) is 82.6 Å². The molecule has 0 saturated heterocycles. The monoisotopic (exact) mass is 536 g/mol. The van der Waals surface area contributed by atoms with Crippen LogP contribution in [-0.2, 0) is 4.79 Å². The second kappa shape index (κ2) is 11.8. The molecule has 0 spiro atoms. The Labute approximate surface area is 211 Å². The first kappa shape index (κ1) is 24.0. The van der Waals surface area contributed by atoms with Crippen LogP contribution in [0.15, 0.2) is 82.6 Å². The smallest absolute Gasteiger partial charge is 0.264 e. The Morgan fingerprint density at radius 1 is 0.971 bits per heavy atom. The SMILES string of the molecule is CCCCOc1ccc(-c2csc(NC(=O)COc3ccc(-c4ccccc4)cc3Br)n2)cc1. The van der Waals surface area contributed by atoms with Crippen LogP contribution in [0, 0.1) is 0 Å². The number of aromatic nitrogens is 1. The first-order chi connectivity index (χ1) is 16.6. The molecule has 3 aromatic carbocycles. The number of ether oxygens (including phenoxy) is 2. The van der Waals surface area contributed by atoms with E-state index in [-0.39, 0.29) is 12.5 Å². The van der Waals surface area contributed by atoms with E-state index in [2.05, 4.69) is 33.2 Å². The van der Waals surface area contributed by atoms with Gasteiger partial charge in [-0.1, -0.05) is 49.7 Å². The lowest BCUT2D eigenvalue weighted by Crippen LogP contribution is -2.20. The van der Waals surface area contributed by atoms with Crippen molar-refractivity contribution in [2.45, 2.75) is 19.8 Å². The van der Waals surface area contributed by atoms with Crippen LogP contribution < -0.4 is 14.8 Å². The number of nitrogens with zero attached hydrogens (tertiary/aromatic N) is 1. The lowest BCUT2D eigenvalue weighted by Gasteiger charge is -2.10. The third-order valence-corrected chi connectivity index (χ3v) is 6.44. The number of carbonyl (C=O) groups excluding carboxylic acids is 1. The predicted molar refractivity (Wildman–Crippen MR) is 142 cm³/mol. The summed E-state index contributed by atoms with van der Waals surface area (Å²) in [6, 6.07) is 23.7. The van der Waals surface area contributed by atoms with Crippen molar-refractivity contribution >= 4 is 38.3 Å². The third-order valence-electron chi connectivity index (χ3n) is 5.07. The number of hydrogen-bond donors (Lipinski definition) is 1. The van der Waals surface area contributed by atoms with Crippen molar-refractivity contribution in [3.8, 4) is 33.9 Å². The lowest BCUT2D eigenvalue weighted by molar-refractivity contribution is -0.118. The van der Waals surface area contributed by atoms with Gasteiger partial charge in [-0.05, 0) is 69.9 Å². The quantitative estimate of drug-likeness (QED) is 0.214. The van der Waals surface area contributed by atoms with Crippen LogP contribution in [0.5, 0.6) is 11.5 Å². The van der Waals surface area contributed by atoms with E-state index in [4.69, 9.17) is 9.47 Å². The summed E-state index contributed by atoms with van der Waals surface area (Å²) in [4.78, 5) is 16.9. The Kier molecular flexibility index (Phi) is 8.33. The molecule has 7 heteroatoms. The van der Waals surface area contributed by atoms with Gasteiger partial charge in [0.25, 0.3) is 5.91 Å². The summed E-state index contributed by atoms with van der Waals surface area (Å²) in [7, 11) is 0. The van der Waals surface area contributed by atoms with Crippen LogP contribution in [0.4, 0.5) is 5.13 Å². The molecule has 0 aliphatic carbocycles. The van der Waals surface area contributed by atoms with E-state index in [0.29, 0.717) is 10.9 Å². The molecule has 1 aromatic heterocycles. The van der Waals surface area contributed by atoms with Gasteiger partial charge in [0.1, 0.15) is 11.5 Å². The second-order valence-corrected chi connectivity index (χ2v) is 9.32. The molecule has 34 heavy (non-hydrogen) atoms. The van der Waals surface area contributed by atoms with E-state index in [0.717, 1.165) is 52.1 Å². The Bertz CT molecular complexity index is 1230. The highest BCUT2D eigenvalue weighted by molar-refractivity contribution is 9.10. The molecule has 5 nitrogen and oxygen atoms in total. The minimum Gasteiger partial charge on any atom is -0.494 e. The van der Waals surface area contributed by atoms with Crippen LogP contribution in [0.1, 0.15) is 19.8 Å². The topological polar surface area (TPSA) is 60.5 Å². The Morgan fingerprint density at radius 3 is 2.47 bits per heavy atom. The van der Waals surface area contributed by atoms with E-state index in [1.165, 1.54) is 11.3 Å². The Balaban J connectivity index is 1.30. The molecule has 0 aliphatic heterocycles. The average molecular weight is 537 g/mol. The van der Waals surface area contributed by atoms with E-state index in [1.807, 2.05) is 78.2 Å². The largest absolute Gasteiger partial charge is 0.494 e.